The molecule has 138 valence electrons. The van der Waals surface area contributed by atoms with Crippen molar-refractivity contribution in [2.24, 2.45) is 5.92 Å². The van der Waals surface area contributed by atoms with Gasteiger partial charge in [-0.1, -0.05) is 38.1 Å². The monoisotopic (exact) mass is 355 g/mol. The third kappa shape index (κ3) is 5.34. The molecule has 0 heterocycles. The van der Waals surface area contributed by atoms with Crippen LogP contribution in [0.1, 0.15) is 35.3 Å². The summed E-state index contributed by atoms with van der Waals surface area (Å²) in [6.07, 6.45) is 0.208. The summed E-state index contributed by atoms with van der Waals surface area (Å²) >= 11 is 0. The van der Waals surface area contributed by atoms with Crippen molar-refractivity contribution >= 4 is 17.6 Å². The van der Waals surface area contributed by atoms with Crippen molar-refractivity contribution in [3.8, 4) is 5.75 Å². The van der Waals surface area contributed by atoms with Crippen LogP contribution in [-0.4, -0.2) is 25.6 Å². The number of amides is 1. The number of hydrogen-bond donors (Lipinski definition) is 1. The predicted molar refractivity (Wildman–Crippen MR) is 102 cm³/mol. The molecule has 1 amide bonds. The first kappa shape index (κ1) is 19.5. The molecule has 0 fully saturated rings. The summed E-state index contributed by atoms with van der Waals surface area (Å²) < 4.78 is 10.4. The van der Waals surface area contributed by atoms with Crippen LogP contribution in [0.4, 0.5) is 5.69 Å². The molecule has 0 spiro atoms. The molecule has 0 radical (unpaired) electrons. The normalized spacial score (nSPS) is 10.5. The molecule has 5 nitrogen and oxygen atoms in total. The van der Waals surface area contributed by atoms with Gasteiger partial charge in [0.25, 0.3) is 0 Å². The lowest BCUT2D eigenvalue weighted by molar-refractivity contribution is -0.115. The van der Waals surface area contributed by atoms with Gasteiger partial charge in [-0.25, -0.2) is 4.79 Å². The van der Waals surface area contributed by atoms with E-state index in [-0.39, 0.29) is 12.3 Å². The molecule has 0 aliphatic carbocycles. The highest BCUT2D eigenvalue weighted by atomic mass is 16.5. The largest absolute Gasteiger partial charge is 0.493 e. The molecule has 26 heavy (non-hydrogen) atoms. The van der Waals surface area contributed by atoms with Crippen LogP contribution in [0.5, 0.6) is 5.75 Å². The predicted octanol–water partition coefficient (Wildman–Crippen LogP) is 4.00. The third-order valence-corrected chi connectivity index (χ3v) is 3.81. The Morgan fingerprint density at radius 2 is 1.77 bits per heavy atom. The zero-order chi connectivity index (χ0) is 19.1. The van der Waals surface area contributed by atoms with Crippen LogP contribution in [0.15, 0.2) is 42.5 Å². The number of carbonyl (C=O) groups is 2. The lowest BCUT2D eigenvalue weighted by Gasteiger charge is -2.13. The van der Waals surface area contributed by atoms with Gasteiger partial charge in [0.15, 0.2) is 0 Å². The van der Waals surface area contributed by atoms with Gasteiger partial charge in [0.1, 0.15) is 5.75 Å². The second-order valence-corrected chi connectivity index (χ2v) is 6.56. The first-order valence-corrected chi connectivity index (χ1v) is 8.60. The zero-order valence-corrected chi connectivity index (χ0v) is 15.7. The van der Waals surface area contributed by atoms with E-state index in [1.807, 2.05) is 37.3 Å². The third-order valence-electron chi connectivity index (χ3n) is 3.81. The molecule has 0 bridgehead atoms. The van der Waals surface area contributed by atoms with Crippen LogP contribution < -0.4 is 10.1 Å². The Morgan fingerprint density at radius 3 is 2.38 bits per heavy atom. The van der Waals surface area contributed by atoms with Gasteiger partial charge in [-0.3, -0.25) is 4.79 Å². The molecule has 2 rings (SSSR count). The van der Waals surface area contributed by atoms with Gasteiger partial charge in [-0.05, 0) is 42.2 Å². The number of para-hydroxylation sites is 1. The van der Waals surface area contributed by atoms with E-state index in [1.165, 1.54) is 7.11 Å². The van der Waals surface area contributed by atoms with Crippen LogP contribution in [0, 0.1) is 12.8 Å². The number of benzene rings is 2. The summed E-state index contributed by atoms with van der Waals surface area (Å²) in [6, 6.07) is 12.7. The van der Waals surface area contributed by atoms with E-state index in [2.05, 4.69) is 19.2 Å². The molecule has 0 aliphatic heterocycles. The highest BCUT2D eigenvalue weighted by molar-refractivity contribution is 6.02. The van der Waals surface area contributed by atoms with E-state index in [0.717, 1.165) is 16.9 Å². The lowest BCUT2D eigenvalue weighted by atomic mass is 10.1. The summed E-state index contributed by atoms with van der Waals surface area (Å²) in [4.78, 5) is 24.3. The molecule has 0 unspecified atom stereocenters. The fourth-order valence-corrected chi connectivity index (χ4v) is 2.45. The summed E-state index contributed by atoms with van der Waals surface area (Å²) in [5, 5.41) is 2.83. The Bertz CT molecular complexity index is 766. The molecule has 0 aromatic heterocycles. The average Bonchev–Trinajstić information content (AvgIpc) is 2.62. The summed E-state index contributed by atoms with van der Waals surface area (Å²) in [5.41, 5.74) is 2.51. The molecule has 1 N–H and O–H groups in total. The second-order valence-electron chi connectivity index (χ2n) is 6.56. The topological polar surface area (TPSA) is 64.6 Å². The van der Waals surface area contributed by atoms with Crippen molar-refractivity contribution in [2.75, 3.05) is 19.0 Å². The maximum Gasteiger partial charge on any atom is 0.339 e. The number of carbonyl (C=O) groups excluding carboxylic acids is 2. The first-order valence-electron chi connectivity index (χ1n) is 8.60. The van der Waals surface area contributed by atoms with Crippen molar-refractivity contribution in [3.05, 3.63) is 59.2 Å². The van der Waals surface area contributed by atoms with E-state index in [0.29, 0.717) is 23.8 Å². The quantitative estimate of drug-likeness (QED) is 0.763. The van der Waals surface area contributed by atoms with Crippen LogP contribution >= 0.6 is 0 Å². The van der Waals surface area contributed by atoms with Gasteiger partial charge < -0.3 is 14.8 Å². The van der Waals surface area contributed by atoms with Gasteiger partial charge in [0.2, 0.25) is 5.91 Å². The van der Waals surface area contributed by atoms with E-state index in [4.69, 9.17) is 9.47 Å². The molecule has 0 saturated heterocycles. The minimum atomic E-state index is -0.476. The van der Waals surface area contributed by atoms with Crippen molar-refractivity contribution in [2.45, 2.75) is 27.2 Å². The number of anilines is 1. The molecule has 0 saturated carbocycles. The number of nitrogens with one attached hydrogen (secondary N) is 1. The highest BCUT2D eigenvalue weighted by Crippen LogP contribution is 2.22. The molecule has 0 aliphatic rings. The van der Waals surface area contributed by atoms with Gasteiger partial charge in [0.05, 0.1) is 31.4 Å². The van der Waals surface area contributed by atoms with E-state index in [9.17, 15) is 9.59 Å². The van der Waals surface area contributed by atoms with E-state index < -0.39 is 5.97 Å². The number of ether oxygens (including phenoxy) is 2. The summed E-state index contributed by atoms with van der Waals surface area (Å²) in [6.45, 7) is 6.67. The van der Waals surface area contributed by atoms with Gasteiger partial charge in [-0.15, -0.1) is 0 Å². The maximum absolute atomic E-state index is 12.4. The lowest BCUT2D eigenvalue weighted by Crippen LogP contribution is -2.18. The molecule has 0 atom stereocenters. The molecule has 2 aromatic rings. The zero-order valence-electron chi connectivity index (χ0n) is 15.7. The van der Waals surface area contributed by atoms with Gasteiger partial charge in [0, 0.05) is 0 Å². The SMILES string of the molecule is COC(=O)c1cccc(C)c1NC(=O)Cc1ccc(OCC(C)C)cc1. The molecule has 2 aromatic carbocycles. The molecular weight excluding hydrogens is 330 g/mol. The summed E-state index contributed by atoms with van der Waals surface area (Å²) in [7, 11) is 1.32. The van der Waals surface area contributed by atoms with Crippen molar-refractivity contribution in [3.63, 3.8) is 0 Å². The molecular formula is C21H25NO4. The van der Waals surface area contributed by atoms with Gasteiger partial charge in [-0.2, -0.15) is 0 Å². The average molecular weight is 355 g/mol. The molecule has 5 heteroatoms. The Balaban J connectivity index is 2.04. The fraction of sp³-hybridized carbons (Fsp3) is 0.333. The van der Waals surface area contributed by atoms with Crippen molar-refractivity contribution in [1.82, 2.24) is 0 Å². The van der Waals surface area contributed by atoms with Crippen LogP contribution in [-0.2, 0) is 16.0 Å². The number of methoxy groups -OCH3 is 1. The second kappa shape index (κ2) is 9.04. The number of esters is 1. The minimum Gasteiger partial charge on any atom is -0.493 e. The van der Waals surface area contributed by atoms with Crippen LogP contribution in [0.25, 0.3) is 0 Å². The Morgan fingerprint density at radius 1 is 1.08 bits per heavy atom. The van der Waals surface area contributed by atoms with E-state index in [1.54, 1.807) is 12.1 Å². The van der Waals surface area contributed by atoms with Crippen molar-refractivity contribution < 1.29 is 19.1 Å². The first-order chi connectivity index (χ1) is 12.4. The van der Waals surface area contributed by atoms with Crippen LogP contribution in [0.3, 0.4) is 0 Å². The van der Waals surface area contributed by atoms with E-state index >= 15 is 0 Å². The Labute approximate surface area is 154 Å². The number of rotatable bonds is 7. The fourth-order valence-electron chi connectivity index (χ4n) is 2.45. The maximum atomic E-state index is 12.4. The summed E-state index contributed by atoms with van der Waals surface area (Å²) in [5.74, 6) is 0.573. The minimum absolute atomic E-state index is 0.194. The van der Waals surface area contributed by atoms with Gasteiger partial charge >= 0.3 is 5.97 Å². The Hall–Kier alpha value is -2.82. The number of aryl methyl sites for hydroxylation is 1. The smallest absolute Gasteiger partial charge is 0.339 e. The van der Waals surface area contributed by atoms with Crippen LogP contribution in [0.2, 0.25) is 0 Å². The Kier molecular flexibility index (Phi) is 6.78. The standard InChI is InChI=1S/C21H25NO4/c1-14(2)13-26-17-10-8-16(9-11-17)12-19(23)22-20-15(3)6-5-7-18(20)21(24)25-4/h5-11,14H,12-13H2,1-4H3,(H,22,23). The highest BCUT2D eigenvalue weighted by Gasteiger charge is 2.16. The van der Waals surface area contributed by atoms with Crippen molar-refractivity contribution in [1.29, 1.82) is 0 Å². The number of hydrogen-bond acceptors (Lipinski definition) is 4.